The number of benzene rings is 1. The molecule has 1 aromatic heterocycles. The maximum absolute atomic E-state index is 12.1. The Balaban J connectivity index is 1.86. The molecule has 22 heavy (non-hydrogen) atoms. The number of hydrogen-bond donors (Lipinski definition) is 0. The van der Waals surface area contributed by atoms with Crippen LogP contribution < -0.4 is 5.63 Å². The molecule has 0 saturated heterocycles. The van der Waals surface area contributed by atoms with Gasteiger partial charge < -0.3 is 9.15 Å². The van der Waals surface area contributed by atoms with E-state index in [4.69, 9.17) is 32.4 Å². The molecule has 1 atom stereocenters. The number of carbonyl (C=O) groups excluding carboxylic acids is 1. The van der Waals surface area contributed by atoms with Gasteiger partial charge in [-0.1, -0.05) is 12.1 Å². The van der Waals surface area contributed by atoms with Crippen molar-refractivity contribution in [1.82, 2.24) is 0 Å². The minimum Gasteiger partial charge on any atom is -0.460 e. The van der Waals surface area contributed by atoms with Crippen molar-refractivity contribution in [2.45, 2.75) is 31.2 Å². The van der Waals surface area contributed by atoms with E-state index in [1.807, 2.05) is 19.1 Å². The number of ether oxygens (including phenoxy) is 1. The monoisotopic (exact) mass is 340 g/mol. The lowest BCUT2D eigenvalue weighted by Crippen LogP contribution is -2.21. The first kappa shape index (κ1) is 15.4. The maximum Gasteiger partial charge on any atom is 0.336 e. The number of halogens is 2. The van der Waals surface area contributed by atoms with Crippen LogP contribution in [0.25, 0.3) is 11.0 Å². The van der Waals surface area contributed by atoms with Gasteiger partial charge in [0.15, 0.2) is 0 Å². The van der Waals surface area contributed by atoms with Gasteiger partial charge in [-0.3, -0.25) is 4.79 Å². The van der Waals surface area contributed by atoms with Gasteiger partial charge in [-0.2, -0.15) is 0 Å². The van der Waals surface area contributed by atoms with Gasteiger partial charge in [-0.05, 0) is 25.5 Å². The fourth-order valence-corrected chi connectivity index (χ4v) is 3.07. The van der Waals surface area contributed by atoms with E-state index in [0.29, 0.717) is 17.6 Å². The zero-order chi connectivity index (χ0) is 16.1. The molecule has 6 heteroatoms. The highest BCUT2D eigenvalue weighted by molar-refractivity contribution is 6.53. The minimum absolute atomic E-state index is 0.0244. The van der Waals surface area contributed by atoms with Crippen LogP contribution in [0.1, 0.15) is 24.5 Å². The second-order valence-corrected chi connectivity index (χ2v) is 7.36. The van der Waals surface area contributed by atoms with E-state index >= 15 is 0 Å². The molecule has 1 fully saturated rings. The minimum atomic E-state index is -1.07. The van der Waals surface area contributed by atoms with Crippen LogP contribution in [-0.2, 0) is 16.1 Å². The van der Waals surface area contributed by atoms with Crippen molar-refractivity contribution in [1.29, 1.82) is 0 Å². The lowest BCUT2D eigenvalue weighted by molar-refractivity contribution is -0.150. The Labute approximate surface area is 137 Å². The number of fused-ring (bicyclic) bond motifs is 1. The van der Waals surface area contributed by atoms with Crippen LogP contribution in [0.3, 0.4) is 0 Å². The molecule has 4 nitrogen and oxygen atoms in total. The van der Waals surface area contributed by atoms with Crippen molar-refractivity contribution in [3.63, 3.8) is 0 Å². The second kappa shape index (κ2) is 5.00. The fraction of sp³-hybridized carbons (Fsp3) is 0.375. The van der Waals surface area contributed by atoms with Crippen LogP contribution >= 0.6 is 23.2 Å². The van der Waals surface area contributed by atoms with E-state index < -0.39 is 21.3 Å². The molecule has 2 aromatic rings. The smallest absolute Gasteiger partial charge is 0.336 e. The Hall–Kier alpha value is -1.52. The van der Waals surface area contributed by atoms with Crippen LogP contribution in [0, 0.1) is 12.3 Å². The van der Waals surface area contributed by atoms with E-state index in [2.05, 4.69) is 0 Å². The van der Waals surface area contributed by atoms with Crippen molar-refractivity contribution < 1.29 is 13.9 Å². The first-order valence-electron chi connectivity index (χ1n) is 6.81. The van der Waals surface area contributed by atoms with Crippen molar-refractivity contribution in [3.05, 3.63) is 45.8 Å². The third-order valence-corrected chi connectivity index (χ3v) is 5.15. The van der Waals surface area contributed by atoms with Crippen LogP contribution in [0.5, 0.6) is 0 Å². The quantitative estimate of drug-likeness (QED) is 0.485. The number of hydrogen-bond acceptors (Lipinski definition) is 4. The van der Waals surface area contributed by atoms with Crippen LogP contribution in [0.15, 0.2) is 33.5 Å². The molecule has 0 spiro atoms. The topological polar surface area (TPSA) is 56.5 Å². The van der Waals surface area contributed by atoms with Gasteiger partial charge in [-0.25, -0.2) is 4.79 Å². The highest BCUT2D eigenvalue weighted by Crippen LogP contribution is 2.64. The van der Waals surface area contributed by atoms with Gasteiger partial charge in [-0.15, -0.1) is 23.2 Å². The van der Waals surface area contributed by atoms with Crippen molar-refractivity contribution in [3.8, 4) is 0 Å². The molecule has 0 N–H and O–H groups in total. The molecule has 1 aromatic carbocycles. The Morgan fingerprint density at radius 3 is 2.68 bits per heavy atom. The summed E-state index contributed by atoms with van der Waals surface area (Å²) in [6.45, 7) is 3.54. The molecular formula is C16H14Cl2O4. The summed E-state index contributed by atoms with van der Waals surface area (Å²) in [6, 6.07) is 6.84. The number of carbonyl (C=O) groups is 1. The molecule has 3 rings (SSSR count). The Kier molecular flexibility index (Phi) is 3.49. The number of esters is 1. The predicted octanol–water partition coefficient (Wildman–Crippen LogP) is 3.73. The lowest BCUT2D eigenvalue weighted by Gasteiger charge is -2.12. The summed E-state index contributed by atoms with van der Waals surface area (Å²) in [7, 11) is 0. The summed E-state index contributed by atoms with van der Waals surface area (Å²) >= 11 is 11.9. The molecule has 0 unspecified atom stereocenters. The molecule has 0 amide bonds. The average molecular weight is 341 g/mol. The zero-order valence-corrected chi connectivity index (χ0v) is 13.6. The molecular weight excluding hydrogens is 327 g/mol. The highest BCUT2D eigenvalue weighted by Gasteiger charge is 2.69. The summed E-state index contributed by atoms with van der Waals surface area (Å²) in [5, 5.41) is 0.738. The molecule has 1 aliphatic carbocycles. The van der Waals surface area contributed by atoms with Gasteiger partial charge >= 0.3 is 11.6 Å². The SMILES string of the molecule is Cc1ccc2c(COC(=O)[C@@]3(C)CC3(Cl)Cl)cc(=O)oc2c1. The number of aryl methyl sites for hydroxylation is 1. The van der Waals surface area contributed by atoms with Gasteiger partial charge in [0.05, 0.1) is 0 Å². The summed E-state index contributed by atoms with van der Waals surface area (Å²) in [6.07, 6.45) is 0.360. The van der Waals surface area contributed by atoms with Crippen LogP contribution in [0.2, 0.25) is 0 Å². The lowest BCUT2D eigenvalue weighted by atomic mass is 10.1. The fourth-order valence-electron chi connectivity index (χ4n) is 2.38. The van der Waals surface area contributed by atoms with Gasteiger partial charge in [0.2, 0.25) is 0 Å². The predicted molar refractivity (Wildman–Crippen MR) is 84.2 cm³/mol. The average Bonchev–Trinajstić information content (AvgIpc) is 2.95. The van der Waals surface area contributed by atoms with E-state index in [0.717, 1.165) is 10.9 Å². The van der Waals surface area contributed by atoms with Crippen molar-refractivity contribution in [2.24, 2.45) is 5.41 Å². The Bertz CT molecular complexity index is 824. The van der Waals surface area contributed by atoms with Crippen molar-refractivity contribution in [2.75, 3.05) is 0 Å². The molecule has 1 heterocycles. The third-order valence-electron chi connectivity index (χ3n) is 4.05. The highest BCUT2D eigenvalue weighted by atomic mass is 35.5. The van der Waals surface area contributed by atoms with Gasteiger partial charge in [0.25, 0.3) is 0 Å². The van der Waals surface area contributed by atoms with Crippen LogP contribution in [0.4, 0.5) is 0 Å². The molecule has 1 aliphatic rings. The third kappa shape index (κ3) is 2.50. The largest absolute Gasteiger partial charge is 0.460 e. The molecule has 0 aliphatic heterocycles. The molecule has 116 valence electrons. The summed E-state index contributed by atoms with van der Waals surface area (Å²) in [4.78, 5) is 23.7. The standard InChI is InChI=1S/C16H14Cl2O4/c1-9-3-4-11-10(6-13(19)22-12(11)5-9)7-21-14(20)15(2)8-16(15,17)18/h3-6H,7-8H2,1-2H3/t15-/m1/s1. The van der Waals surface area contributed by atoms with E-state index in [9.17, 15) is 9.59 Å². The van der Waals surface area contributed by atoms with Crippen LogP contribution in [-0.4, -0.2) is 10.3 Å². The summed E-state index contributed by atoms with van der Waals surface area (Å²) in [5.74, 6) is -0.467. The van der Waals surface area contributed by atoms with Crippen molar-refractivity contribution >= 4 is 40.1 Å². The first-order valence-corrected chi connectivity index (χ1v) is 7.57. The Morgan fingerprint density at radius 1 is 1.36 bits per heavy atom. The molecule has 1 saturated carbocycles. The molecule has 0 bridgehead atoms. The number of alkyl halides is 2. The number of rotatable bonds is 3. The summed E-state index contributed by atoms with van der Waals surface area (Å²) < 4.78 is 9.39. The van der Waals surface area contributed by atoms with Gasteiger partial charge in [0.1, 0.15) is 21.9 Å². The van der Waals surface area contributed by atoms with E-state index in [1.165, 1.54) is 6.07 Å². The van der Waals surface area contributed by atoms with E-state index in [-0.39, 0.29) is 6.61 Å². The zero-order valence-electron chi connectivity index (χ0n) is 12.1. The first-order chi connectivity index (χ1) is 10.2. The van der Waals surface area contributed by atoms with E-state index in [1.54, 1.807) is 13.0 Å². The summed E-state index contributed by atoms with van der Waals surface area (Å²) in [5.41, 5.74) is 0.677. The second-order valence-electron chi connectivity index (χ2n) is 5.88. The Morgan fingerprint density at radius 2 is 2.05 bits per heavy atom. The van der Waals surface area contributed by atoms with Gasteiger partial charge in [0, 0.05) is 23.4 Å². The normalized spacial score (nSPS) is 22.5. The maximum atomic E-state index is 12.1. The molecule has 0 radical (unpaired) electrons.